The molecule has 112 valence electrons. The van der Waals surface area contributed by atoms with Gasteiger partial charge in [0.2, 0.25) is 5.91 Å². The van der Waals surface area contributed by atoms with Crippen LogP contribution in [-0.2, 0) is 11.4 Å². The highest BCUT2D eigenvalue weighted by molar-refractivity contribution is 5.99. The van der Waals surface area contributed by atoms with Gasteiger partial charge in [-0.05, 0) is 31.2 Å². The number of pyridine rings is 1. The third kappa shape index (κ3) is 5.25. The van der Waals surface area contributed by atoms with Crippen molar-refractivity contribution in [1.82, 2.24) is 4.98 Å². The fourth-order valence-corrected chi connectivity index (χ4v) is 1.74. The molecule has 2 aromatic rings. The summed E-state index contributed by atoms with van der Waals surface area (Å²) >= 11 is 0. The number of nitrogens with one attached hydrogen (secondary N) is 1. The third-order valence-electron chi connectivity index (χ3n) is 2.77. The first-order valence-electron chi connectivity index (χ1n) is 7.01. The number of hydrogen-bond acceptors (Lipinski definition) is 3. The highest BCUT2D eigenvalue weighted by Gasteiger charge is 2.01. The average molecular weight is 294 g/mol. The molecule has 4 nitrogen and oxygen atoms in total. The Morgan fingerprint density at radius 3 is 2.91 bits per heavy atom. The van der Waals surface area contributed by atoms with Gasteiger partial charge in [0.15, 0.2) is 0 Å². The Hall–Kier alpha value is -2.88. The Labute approximate surface area is 130 Å². The van der Waals surface area contributed by atoms with E-state index in [1.165, 1.54) is 6.08 Å². The van der Waals surface area contributed by atoms with E-state index < -0.39 is 0 Å². The van der Waals surface area contributed by atoms with Gasteiger partial charge in [0, 0.05) is 24.0 Å². The van der Waals surface area contributed by atoms with Crippen molar-refractivity contribution in [3.63, 3.8) is 0 Å². The predicted octanol–water partition coefficient (Wildman–Crippen LogP) is 3.73. The van der Waals surface area contributed by atoms with Crippen LogP contribution in [0.25, 0.3) is 0 Å². The van der Waals surface area contributed by atoms with Gasteiger partial charge in [-0.3, -0.25) is 9.78 Å². The highest BCUT2D eigenvalue weighted by atomic mass is 16.5. The second-order valence-corrected chi connectivity index (χ2v) is 4.51. The molecular formula is C18H18N2O2. The summed E-state index contributed by atoms with van der Waals surface area (Å²) in [6.45, 7) is 2.28. The maximum Gasteiger partial charge on any atom is 0.248 e. The predicted molar refractivity (Wildman–Crippen MR) is 87.6 cm³/mol. The lowest BCUT2D eigenvalue weighted by Crippen LogP contribution is -2.07. The molecule has 2 rings (SSSR count). The number of carbonyl (C=O) groups excluding carboxylic acids is 1. The van der Waals surface area contributed by atoms with Gasteiger partial charge in [0.25, 0.3) is 0 Å². The minimum Gasteiger partial charge on any atom is -0.487 e. The second kappa shape index (κ2) is 8.42. The molecule has 4 heteroatoms. The van der Waals surface area contributed by atoms with Crippen LogP contribution < -0.4 is 10.1 Å². The lowest BCUT2D eigenvalue weighted by molar-refractivity contribution is -0.111. The van der Waals surface area contributed by atoms with Crippen LogP contribution >= 0.6 is 0 Å². The van der Waals surface area contributed by atoms with E-state index in [0.29, 0.717) is 18.0 Å². The van der Waals surface area contributed by atoms with E-state index in [2.05, 4.69) is 10.3 Å². The summed E-state index contributed by atoms with van der Waals surface area (Å²) in [5.74, 6) is 0.501. The summed E-state index contributed by atoms with van der Waals surface area (Å²) in [7, 11) is 0. The van der Waals surface area contributed by atoms with Crippen molar-refractivity contribution in [3.8, 4) is 5.75 Å². The summed E-state index contributed by atoms with van der Waals surface area (Å²) in [5, 5.41) is 2.78. The summed E-state index contributed by atoms with van der Waals surface area (Å²) in [5.41, 5.74) is 1.54. The number of ether oxygens (including phenoxy) is 1. The normalized spacial score (nSPS) is 11.0. The molecule has 0 aliphatic carbocycles. The Kier molecular flexibility index (Phi) is 5.93. The quantitative estimate of drug-likeness (QED) is 0.652. The van der Waals surface area contributed by atoms with E-state index in [9.17, 15) is 4.79 Å². The number of carbonyl (C=O) groups is 1. The van der Waals surface area contributed by atoms with Gasteiger partial charge in [0.05, 0.1) is 5.69 Å². The SMILES string of the molecule is C/C=C/C=C/C(=O)Nc1cccc(OCc2ccccn2)c1. The van der Waals surface area contributed by atoms with Crippen molar-refractivity contribution in [2.75, 3.05) is 5.32 Å². The molecule has 1 N–H and O–H groups in total. The Morgan fingerprint density at radius 1 is 1.23 bits per heavy atom. The van der Waals surface area contributed by atoms with Crippen LogP contribution in [0.1, 0.15) is 12.6 Å². The third-order valence-corrected chi connectivity index (χ3v) is 2.77. The number of aromatic nitrogens is 1. The molecule has 0 atom stereocenters. The Balaban J connectivity index is 1.93. The molecule has 1 amide bonds. The number of allylic oxidation sites excluding steroid dienone is 3. The van der Waals surface area contributed by atoms with Gasteiger partial charge in [0.1, 0.15) is 12.4 Å². The molecule has 0 saturated heterocycles. The van der Waals surface area contributed by atoms with Crippen LogP contribution in [0.2, 0.25) is 0 Å². The zero-order chi connectivity index (χ0) is 15.6. The van der Waals surface area contributed by atoms with E-state index in [4.69, 9.17) is 4.74 Å². The van der Waals surface area contributed by atoms with Crippen molar-refractivity contribution >= 4 is 11.6 Å². The van der Waals surface area contributed by atoms with Crippen molar-refractivity contribution in [2.45, 2.75) is 13.5 Å². The smallest absolute Gasteiger partial charge is 0.248 e. The minimum atomic E-state index is -0.181. The van der Waals surface area contributed by atoms with Crippen LogP contribution in [-0.4, -0.2) is 10.9 Å². The first-order valence-corrected chi connectivity index (χ1v) is 7.01. The van der Waals surface area contributed by atoms with Gasteiger partial charge >= 0.3 is 0 Å². The monoisotopic (exact) mass is 294 g/mol. The lowest BCUT2D eigenvalue weighted by atomic mass is 10.3. The standard InChI is InChI=1S/C18H18N2O2/c1-2-3-4-11-18(21)20-15-9-7-10-17(13-15)22-14-16-8-5-6-12-19-16/h2-13H,14H2,1H3,(H,20,21)/b3-2+,11-4+. The zero-order valence-electron chi connectivity index (χ0n) is 12.4. The second-order valence-electron chi connectivity index (χ2n) is 4.51. The van der Waals surface area contributed by atoms with Gasteiger partial charge in [-0.25, -0.2) is 0 Å². The van der Waals surface area contributed by atoms with Crippen LogP contribution in [0.15, 0.2) is 73.0 Å². The maximum absolute atomic E-state index is 11.7. The first kappa shape index (κ1) is 15.5. The highest BCUT2D eigenvalue weighted by Crippen LogP contribution is 2.18. The lowest BCUT2D eigenvalue weighted by Gasteiger charge is -2.08. The summed E-state index contributed by atoms with van der Waals surface area (Å²) in [4.78, 5) is 15.9. The van der Waals surface area contributed by atoms with Crippen LogP contribution in [0.4, 0.5) is 5.69 Å². The molecule has 0 saturated carbocycles. The average Bonchev–Trinajstić information content (AvgIpc) is 2.54. The summed E-state index contributed by atoms with van der Waals surface area (Å²) in [6.07, 6.45) is 8.55. The zero-order valence-corrected chi connectivity index (χ0v) is 12.4. The Bertz CT molecular complexity index is 664. The number of nitrogens with zero attached hydrogens (tertiary/aromatic N) is 1. The number of anilines is 1. The number of amides is 1. The van der Waals surface area contributed by atoms with E-state index in [-0.39, 0.29) is 5.91 Å². The topological polar surface area (TPSA) is 51.2 Å². The summed E-state index contributed by atoms with van der Waals surface area (Å²) < 4.78 is 5.67. The van der Waals surface area contributed by atoms with Crippen LogP contribution in [0, 0.1) is 0 Å². The van der Waals surface area contributed by atoms with Crippen molar-refractivity contribution < 1.29 is 9.53 Å². The van der Waals surface area contributed by atoms with Crippen molar-refractivity contribution in [3.05, 3.63) is 78.7 Å². The molecule has 0 bridgehead atoms. The molecule has 1 aromatic heterocycles. The van der Waals surface area contributed by atoms with Crippen molar-refractivity contribution in [2.24, 2.45) is 0 Å². The molecule has 1 aromatic carbocycles. The van der Waals surface area contributed by atoms with E-state index in [0.717, 1.165) is 5.69 Å². The fraction of sp³-hybridized carbons (Fsp3) is 0.111. The minimum absolute atomic E-state index is 0.181. The largest absolute Gasteiger partial charge is 0.487 e. The van der Waals surface area contributed by atoms with Gasteiger partial charge in [-0.15, -0.1) is 0 Å². The molecule has 0 radical (unpaired) electrons. The molecule has 0 fully saturated rings. The van der Waals surface area contributed by atoms with E-state index in [1.807, 2.05) is 49.4 Å². The fourth-order valence-electron chi connectivity index (χ4n) is 1.74. The molecule has 0 aliphatic rings. The molecule has 0 unspecified atom stereocenters. The molecule has 0 aliphatic heterocycles. The molecule has 1 heterocycles. The number of benzene rings is 1. The van der Waals surface area contributed by atoms with Gasteiger partial charge in [-0.1, -0.05) is 30.4 Å². The number of rotatable bonds is 6. The van der Waals surface area contributed by atoms with Crippen molar-refractivity contribution in [1.29, 1.82) is 0 Å². The van der Waals surface area contributed by atoms with Crippen LogP contribution in [0.3, 0.4) is 0 Å². The number of hydrogen-bond donors (Lipinski definition) is 1. The molecular weight excluding hydrogens is 276 g/mol. The van der Waals surface area contributed by atoms with E-state index >= 15 is 0 Å². The molecule has 0 spiro atoms. The van der Waals surface area contributed by atoms with Gasteiger partial charge in [-0.2, -0.15) is 0 Å². The molecule has 22 heavy (non-hydrogen) atoms. The van der Waals surface area contributed by atoms with Crippen LogP contribution in [0.5, 0.6) is 5.75 Å². The first-order chi connectivity index (χ1) is 10.8. The maximum atomic E-state index is 11.7. The van der Waals surface area contributed by atoms with Gasteiger partial charge < -0.3 is 10.1 Å². The Morgan fingerprint density at radius 2 is 2.14 bits per heavy atom. The summed E-state index contributed by atoms with van der Waals surface area (Å²) in [6, 6.07) is 12.9. The van der Waals surface area contributed by atoms with E-state index in [1.54, 1.807) is 24.4 Å².